The summed E-state index contributed by atoms with van der Waals surface area (Å²) in [6, 6.07) is 2.04. The summed E-state index contributed by atoms with van der Waals surface area (Å²) in [6.45, 7) is 8.12. The highest BCUT2D eigenvalue weighted by Gasteiger charge is 2.53. The average Bonchev–Trinajstić information content (AvgIpc) is 3.13. The van der Waals surface area contributed by atoms with Crippen LogP contribution in [0.1, 0.15) is 55.6 Å². The Balaban J connectivity index is 1.86. The minimum atomic E-state index is -0.353. The Bertz CT molecular complexity index is 810. The quantitative estimate of drug-likeness (QED) is 0.891. The third kappa shape index (κ3) is 2.50. The van der Waals surface area contributed by atoms with Gasteiger partial charge in [0, 0.05) is 12.6 Å². The first kappa shape index (κ1) is 16.9. The third-order valence-electron chi connectivity index (χ3n) is 5.59. The second-order valence-corrected chi connectivity index (χ2v) is 8.07. The van der Waals surface area contributed by atoms with E-state index < -0.39 is 0 Å². The standard InChI is InChI=1S/C18H24ClN5O/c1-11-13(19)9-12-14(23-11)18(5-7-20-8-6-18)25-15(12)17(2,3)16-21-10-22-24(16)4/h9-10,15,20H,5-8H2,1-4H3. The van der Waals surface area contributed by atoms with E-state index in [1.54, 1.807) is 6.33 Å². The molecule has 25 heavy (non-hydrogen) atoms. The monoisotopic (exact) mass is 361 g/mol. The Morgan fingerprint density at radius 1 is 1.36 bits per heavy atom. The lowest BCUT2D eigenvalue weighted by Crippen LogP contribution is -2.41. The molecule has 6 nitrogen and oxygen atoms in total. The van der Waals surface area contributed by atoms with Crippen molar-refractivity contribution in [2.24, 2.45) is 7.05 Å². The topological polar surface area (TPSA) is 64.9 Å². The third-order valence-corrected chi connectivity index (χ3v) is 5.98. The lowest BCUT2D eigenvalue weighted by molar-refractivity contribution is -0.120. The molecule has 7 heteroatoms. The van der Waals surface area contributed by atoms with Crippen molar-refractivity contribution in [3.63, 3.8) is 0 Å². The molecule has 2 aromatic rings. The van der Waals surface area contributed by atoms with Gasteiger partial charge >= 0.3 is 0 Å². The number of piperidine rings is 1. The fourth-order valence-corrected chi connectivity index (χ4v) is 4.38. The first-order valence-electron chi connectivity index (χ1n) is 8.76. The van der Waals surface area contributed by atoms with Crippen LogP contribution in [0.2, 0.25) is 5.02 Å². The van der Waals surface area contributed by atoms with E-state index in [2.05, 4.69) is 29.2 Å². The van der Waals surface area contributed by atoms with Gasteiger partial charge in [0.2, 0.25) is 0 Å². The molecule has 2 aliphatic rings. The van der Waals surface area contributed by atoms with Gasteiger partial charge in [-0.2, -0.15) is 5.10 Å². The highest BCUT2D eigenvalue weighted by atomic mass is 35.5. The van der Waals surface area contributed by atoms with E-state index in [1.165, 1.54) is 0 Å². The number of hydrogen-bond acceptors (Lipinski definition) is 5. The molecule has 1 unspecified atom stereocenters. The lowest BCUT2D eigenvalue weighted by Gasteiger charge is -2.37. The number of ether oxygens (including phenoxy) is 1. The zero-order chi connectivity index (χ0) is 17.8. The van der Waals surface area contributed by atoms with Gasteiger partial charge in [0.05, 0.1) is 27.9 Å². The van der Waals surface area contributed by atoms with Crippen LogP contribution in [0, 0.1) is 6.92 Å². The lowest BCUT2D eigenvalue weighted by atomic mass is 9.81. The average molecular weight is 362 g/mol. The molecule has 0 aromatic carbocycles. The van der Waals surface area contributed by atoms with Crippen molar-refractivity contribution in [1.82, 2.24) is 25.1 Å². The van der Waals surface area contributed by atoms with Gasteiger partial charge in [-0.3, -0.25) is 9.67 Å². The summed E-state index contributed by atoms with van der Waals surface area (Å²) >= 11 is 6.43. The van der Waals surface area contributed by atoms with Crippen LogP contribution in [0.4, 0.5) is 0 Å². The minimum absolute atomic E-state index is 0.158. The Morgan fingerprint density at radius 3 is 2.72 bits per heavy atom. The van der Waals surface area contributed by atoms with Crippen molar-refractivity contribution in [2.75, 3.05) is 13.1 Å². The van der Waals surface area contributed by atoms with E-state index in [9.17, 15) is 0 Å². The Morgan fingerprint density at radius 2 is 2.08 bits per heavy atom. The summed E-state index contributed by atoms with van der Waals surface area (Å²) in [6.07, 6.45) is 3.26. The molecule has 4 heterocycles. The molecule has 0 aliphatic carbocycles. The van der Waals surface area contributed by atoms with Crippen LogP contribution in [0.3, 0.4) is 0 Å². The van der Waals surface area contributed by atoms with Gasteiger partial charge in [-0.15, -0.1) is 0 Å². The Kier molecular flexibility index (Phi) is 3.90. The smallest absolute Gasteiger partial charge is 0.138 e. The highest BCUT2D eigenvalue weighted by molar-refractivity contribution is 6.31. The van der Waals surface area contributed by atoms with Crippen LogP contribution in [-0.4, -0.2) is 32.8 Å². The van der Waals surface area contributed by atoms with E-state index in [4.69, 9.17) is 21.3 Å². The van der Waals surface area contributed by atoms with Crippen molar-refractivity contribution in [1.29, 1.82) is 0 Å². The van der Waals surface area contributed by atoms with Gasteiger partial charge in [0.25, 0.3) is 0 Å². The molecule has 0 radical (unpaired) electrons. The van der Waals surface area contributed by atoms with E-state index in [-0.39, 0.29) is 17.1 Å². The maximum Gasteiger partial charge on any atom is 0.138 e. The predicted octanol–water partition coefficient (Wildman–Crippen LogP) is 2.80. The first-order chi connectivity index (χ1) is 11.8. The number of nitrogens with zero attached hydrogens (tertiary/aromatic N) is 4. The summed E-state index contributed by atoms with van der Waals surface area (Å²) in [5.41, 5.74) is 2.31. The van der Waals surface area contributed by atoms with Gasteiger partial charge in [0.15, 0.2) is 0 Å². The number of hydrogen-bond donors (Lipinski definition) is 1. The van der Waals surface area contributed by atoms with Crippen molar-refractivity contribution < 1.29 is 4.74 Å². The van der Waals surface area contributed by atoms with Crippen molar-refractivity contribution in [2.45, 2.75) is 50.7 Å². The van der Waals surface area contributed by atoms with E-state index in [1.807, 2.05) is 24.7 Å². The number of nitrogens with one attached hydrogen (secondary N) is 1. The molecule has 1 fully saturated rings. The van der Waals surface area contributed by atoms with E-state index in [0.717, 1.165) is 48.7 Å². The Hall–Kier alpha value is -1.50. The molecule has 1 atom stereocenters. The number of aromatic nitrogens is 4. The van der Waals surface area contributed by atoms with Crippen LogP contribution in [-0.2, 0) is 22.8 Å². The Labute approximate surface area is 153 Å². The van der Waals surface area contributed by atoms with Gasteiger partial charge in [-0.25, -0.2) is 4.98 Å². The zero-order valence-corrected chi connectivity index (χ0v) is 15.9. The van der Waals surface area contributed by atoms with E-state index in [0.29, 0.717) is 5.02 Å². The van der Waals surface area contributed by atoms with E-state index >= 15 is 0 Å². The maximum absolute atomic E-state index is 6.77. The zero-order valence-electron chi connectivity index (χ0n) is 15.1. The predicted molar refractivity (Wildman–Crippen MR) is 95.6 cm³/mol. The van der Waals surface area contributed by atoms with Crippen LogP contribution < -0.4 is 5.32 Å². The largest absolute Gasteiger partial charge is 0.360 e. The molecule has 0 saturated carbocycles. The number of pyridine rings is 1. The molecule has 2 aliphatic heterocycles. The summed E-state index contributed by atoms with van der Waals surface area (Å²) in [5.74, 6) is 0.895. The van der Waals surface area contributed by atoms with Crippen molar-refractivity contribution >= 4 is 11.6 Å². The fraction of sp³-hybridized carbons (Fsp3) is 0.611. The minimum Gasteiger partial charge on any atom is -0.360 e. The van der Waals surface area contributed by atoms with Gasteiger partial charge in [0.1, 0.15) is 17.8 Å². The molecular formula is C18H24ClN5O. The molecule has 0 bridgehead atoms. The van der Waals surface area contributed by atoms with Crippen molar-refractivity contribution in [3.05, 3.63) is 40.2 Å². The number of rotatable bonds is 2. The summed E-state index contributed by atoms with van der Waals surface area (Å²) in [7, 11) is 1.92. The second kappa shape index (κ2) is 5.76. The maximum atomic E-state index is 6.77. The summed E-state index contributed by atoms with van der Waals surface area (Å²) in [4.78, 5) is 9.35. The molecule has 1 spiro atoms. The molecular weight excluding hydrogens is 338 g/mol. The molecule has 1 N–H and O–H groups in total. The van der Waals surface area contributed by atoms with Gasteiger partial charge < -0.3 is 10.1 Å². The fourth-order valence-electron chi connectivity index (χ4n) is 4.22. The summed E-state index contributed by atoms with van der Waals surface area (Å²) in [5, 5.41) is 8.35. The van der Waals surface area contributed by atoms with Crippen LogP contribution in [0.5, 0.6) is 0 Å². The summed E-state index contributed by atoms with van der Waals surface area (Å²) < 4.78 is 8.59. The second-order valence-electron chi connectivity index (χ2n) is 7.66. The molecule has 4 rings (SSSR count). The molecule has 0 amide bonds. The van der Waals surface area contributed by atoms with Gasteiger partial charge in [-0.05, 0) is 52.8 Å². The normalized spacial score (nSPS) is 22.4. The number of halogens is 1. The number of fused-ring (bicyclic) bond motifs is 2. The highest BCUT2D eigenvalue weighted by Crippen LogP contribution is 2.54. The molecule has 1 saturated heterocycles. The molecule has 134 valence electrons. The van der Waals surface area contributed by atoms with Gasteiger partial charge in [-0.1, -0.05) is 11.6 Å². The van der Waals surface area contributed by atoms with Crippen LogP contribution in [0.25, 0.3) is 0 Å². The SMILES string of the molecule is Cc1nc2c(cc1Cl)C(C(C)(C)c1ncnn1C)OC21CCNCC1. The van der Waals surface area contributed by atoms with Crippen LogP contribution >= 0.6 is 11.6 Å². The number of aryl methyl sites for hydroxylation is 2. The first-order valence-corrected chi connectivity index (χ1v) is 9.13. The van der Waals surface area contributed by atoms with Crippen molar-refractivity contribution in [3.8, 4) is 0 Å². The van der Waals surface area contributed by atoms with Crippen LogP contribution in [0.15, 0.2) is 12.4 Å². The molecule has 2 aromatic heterocycles.